The van der Waals surface area contributed by atoms with Crippen LogP contribution in [0.4, 0.5) is 40.0 Å². The van der Waals surface area contributed by atoms with Crippen LogP contribution in [-0.2, 0) is 4.74 Å². The lowest BCUT2D eigenvalue weighted by molar-refractivity contribution is -0.116. The molecule has 78 heavy (non-hydrogen) atoms. The zero-order valence-electron chi connectivity index (χ0n) is 47.3. The number of aromatic nitrogens is 6. The van der Waals surface area contributed by atoms with E-state index in [4.69, 9.17) is 37.6 Å². The first-order valence-corrected chi connectivity index (χ1v) is 28.3. The van der Waals surface area contributed by atoms with E-state index in [0.717, 1.165) is 60.5 Å². The minimum absolute atomic E-state index is 0.00811. The van der Waals surface area contributed by atoms with Crippen LogP contribution in [0.5, 0.6) is 6.01 Å². The molecule has 8 aliphatic rings. The largest absolute Gasteiger partial charge is 0.463 e. The minimum atomic E-state index is -0.550. The number of primary amides is 2. The molecule has 2 aromatic carbocycles. The number of likely N-dealkylation sites (tertiary alicyclic amines) is 1. The van der Waals surface area contributed by atoms with E-state index in [9.17, 15) is 14.4 Å². The molecule has 2 saturated heterocycles. The second kappa shape index (κ2) is 24.1. The Bertz CT molecular complexity index is 2780. The molecule has 3 amide bonds. The highest BCUT2D eigenvalue weighted by Gasteiger charge is 2.55. The van der Waals surface area contributed by atoms with Crippen molar-refractivity contribution in [3.8, 4) is 6.01 Å². The summed E-state index contributed by atoms with van der Waals surface area (Å²) in [7, 11) is 0. The van der Waals surface area contributed by atoms with Crippen LogP contribution in [0.3, 0.4) is 0 Å². The molecule has 8 atom stereocenters. The zero-order valence-corrected chi connectivity index (χ0v) is 48.0. The van der Waals surface area contributed by atoms with Crippen LogP contribution in [-0.4, -0.2) is 121 Å². The third-order valence-electron chi connectivity index (χ3n) is 17.7. The van der Waals surface area contributed by atoms with E-state index in [2.05, 4.69) is 78.9 Å². The van der Waals surface area contributed by atoms with Gasteiger partial charge >= 0.3 is 12.1 Å². The van der Waals surface area contributed by atoms with Crippen LogP contribution in [0, 0.1) is 60.2 Å². The zero-order chi connectivity index (χ0) is 56.3. The average molecular weight is 1100 g/mol. The number of hydrogen-bond acceptors (Lipinski definition) is 17. The SMILES string of the molecule is CC1(C)C2CC[C@H](CO)[C@@H]1C2.CCN(c1nc(Cl)nc(Nc2cc(C(N)=O)ccc2C)n1)[C@@H]1CCN(C(=O)OC(C)(C)C)C1.Cc1ccc(C(N)=O)cc1Nc1nc(N[C@@H]2CCNC2)nc(OC[C@H]2CCC3C[C@@H]2C3(C)C)n1. The first kappa shape index (κ1) is 58.0. The van der Waals surface area contributed by atoms with Gasteiger partial charge in [0.1, 0.15) is 5.60 Å². The van der Waals surface area contributed by atoms with Crippen molar-refractivity contribution >= 4 is 64.7 Å². The summed E-state index contributed by atoms with van der Waals surface area (Å²) in [6.45, 7) is 25.4. The molecule has 9 N–H and O–H groups in total. The van der Waals surface area contributed by atoms with E-state index < -0.39 is 17.4 Å². The maximum absolute atomic E-state index is 12.5. The van der Waals surface area contributed by atoms with E-state index in [0.29, 0.717) is 102 Å². The number of nitrogens with one attached hydrogen (secondary N) is 4. The Balaban J connectivity index is 0.000000172. The summed E-state index contributed by atoms with van der Waals surface area (Å²) < 4.78 is 11.7. The van der Waals surface area contributed by atoms with Crippen molar-refractivity contribution < 1.29 is 29.0 Å². The fourth-order valence-electron chi connectivity index (χ4n) is 12.7. The quantitative estimate of drug-likeness (QED) is 0.0586. The Morgan fingerprint density at radius 3 is 1.88 bits per heavy atom. The van der Waals surface area contributed by atoms with Gasteiger partial charge in [-0.3, -0.25) is 9.59 Å². The van der Waals surface area contributed by atoms with Crippen molar-refractivity contribution in [2.24, 2.45) is 57.8 Å². The number of anilines is 6. The van der Waals surface area contributed by atoms with Crippen LogP contribution < -0.4 is 42.4 Å². The number of hydrogen-bond donors (Lipinski definition) is 7. The fraction of sp³-hybridized carbons (Fsp3) is 0.632. The van der Waals surface area contributed by atoms with Crippen LogP contribution in [0.1, 0.15) is 139 Å². The fourth-order valence-corrected chi connectivity index (χ4v) is 12.8. The smallest absolute Gasteiger partial charge is 0.410 e. The summed E-state index contributed by atoms with van der Waals surface area (Å²) in [4.78, 5) is 66.1. The van der Waals surface area contributed by atoms with Gasteiger partial charge < -0.3 is 57.1 Å². The average Bonchev–Trinajstić information content (AvgIpc) is 4.23. The second-order valence-electron chi connectivity index (χ2n) is 24.4. The van der Waals surface area contributed by atoms with Gasteiger partial charge in [-0.25, -0.2) is 4.79 Å². The molecule has 2 aliphatic heterocycles. The first-order valence-electron chi connectivity index (χ1n) is 27.9. The molecule has 424 valence electrons. The summed E-state index contributed by atoms with van der Waals surface area (Å²) in [5.41, 5.74) is 15.2. The molecule has 4 bridgehead atoms. The molecule has 2 unspecified atom stereocenters. The number of amides is 3. The molecule has 6 aliphatic carbocycles. The number of ether oxygens (including phenoxy) is 2. The number of likely N-dealkylation sites (N-methyl/N-ethyl adjacent to an activating group) is 1. The van der Waals surface area contributed by atoms with Crippen LogP contribution in [0.2, 0.25) is 5.28 Å². The molecule has 8 fully saturated rings. The Labute approximate surface area is 464 Å². The molecule has 21 heteroatoms. The highest BCUT2D eigenvalue weighted by molar-refractivity contribution is 6.28. The molecule has 4 heterocycles. The first-order chi connectivity index (χ1) is 36.9. The van der Waals surface area contributed by atoms with Crippen LogP contribution in [0.15, 0.2) is 36.4 Å². The van der Waals surface area contributed by atoms with E-state index in [1.165, 1.54) is 38.5 Å². The number of carbonyl (C=O) groups is 3. The Morgan fingerprint density at radius 2 is 1.37 bits per heavy atom. The lowest BCUT2D eigenvalue weighted by Gasteiger charge is -2.60. The number of carbonyl (C=O) groups excluding carboxylic acids is 3. The second-order valence-corrected chi connectivity index (χ2v) is 24.7. The number of aliphatic hydroxyl groups excluding tert-OH is 1. The van der Waals surface area contributed by atoms with Gasteiger partial charge in [0.2, 0.25) is 40.9 Å². The van der Waals surface area contributed by atoms with Crippen molar-refractivity contribution in [3.05, 3.63) is 63.9 Å². The number of nitrogens with zero attached hydrogens (tertiary/aromatic N) is 8. The van der Waals surface area contributed by atoms with Crippen molar-refractivity contribution in [1.29, 1.82) is 0 Å². The van der Waals surface area contributed by atoms with Gasteiger partial charge in [-0.2, -0.15) is 29.9 Å². The predicted octanol–water partition coefficient (Wildman–Crippen LogP) is 8.81. The van der Waals surface area contributed by atoms with Crippen LogP contribution >= 0.6 is 11.6 Å². The minimum Gasteiger partial charge on any atom is -0.463 e. The maximum Gasteiger partial charge on any atom is 0.410 e. The Morgan fingerprint density at radius 1 is 0.795 bits per heavy atom. The number of halogens is 1. The number of aryl methyl sites for hydroxylation is 2. The van der Waals surface area contributed by atoms with Gasteiger partial charge in [0.05, 0.1) is 12.6 Å². The molecular formula is C57H83ClN14O6. The molecule has 20 nitrogen and oxygen atoms in total. The molecule has 0 spiro atoms. The standard InChI is InChI=1S/C25H35N7O2.C22H30ClN7O3.C10H18O/c1-14-4-5-15(21(26)33)10-20(14)29-23-30-22(28-18-8-9-27-12-18)31-24(32-23)34-13-16-6-7-17-11-19(16)25(17,2)3;1-6-30(15-9-10-29(12-15)21(32)33-22(3,4)5)20-27-18(23)26-19(28-20)25-16-11-14(17(24)31)8-7-13(16)2;1-10(2)8-4-3-7(6-11)9(10)5-8/h4-5,10,16-19,27H,6-9,11-13H2,1-3H3,(H2,26,33)(H2,28,29,30,31,32);7-8,11,15H,6,9-10,12H2,1-5H3,(H2,24,31)(H,25,26,27,28);7-9,11H,3-6H2,1-2H3/t16-,17?,18-,19+;15-;7-,8?,9+/m111/s1. The van der Waals surface area contributed by atoms with Gasteiger partial charge in [-0.15, -0.1) is 0 Å². The summed E-state index contributed by atoms with van der Waals surface area (Å²) in [5, 5.41) is 22.2. The van der Waals surface area contributed by atoms with Crippen molar-refractivity contribution in [1.82, 2.24) is 40.1 Å². The van der Waals surface area contributed by atoms with Gasteiger partial charge in [-0.1, -0.05) is 39.8 Å². The molecule has 6 saturated carbocycles. The van der Waals surface area contributed by atoms with E-state index in [1.807, 2.05) is 52.5 Å². The Kier molecular flexibility index (Phi) is 17.9. The number of benzene rings is 2. The number of nitrogens with two attached hydrogens (primary N) is 2. The maximum atomic E-state index is 12.5. The lowest BCUT2D eigenvalue weighted by Crippen LogP contribution is -2.53. The van der Waals surface area contributed by atoms with Gasteiger partial charge in [0.15, 0.2) is 0 Å². The molecule has 4 aromatic rings. The highest BCUT2D eigenvalue weighted by atomic mass is 35.5. The molecular weight excluding hydrogens is 1010 g/mol. The third kappa shape index (κ3) is 13.6. The van der Waals surface area contributed by atoms with Crippen molar-refractivity contribution in [2.75, 3.05) is 66.8 Å². The van der Waals surface area contributed by atoms with Gasteiger partial charge in [0.25, 0.3) is 0 Å². The summed E-state index contributed by atoms with van der Waals surface area (Å²) in [6.07, 6.45) is 9.22. The number of aliphatic hydroxyl groups is 1. The lowest BCUT2D eigenvalue weighted by atomic mass is 9.46. The molecule has 0 radical (unpaired) electrons. The topological polar surface area (TPSA) is 274 Å². The third-order valence-corrected chi connectivity index (χ3v) is 17.8. The van der Waals surface area contributed by atoms with Crippen LogP contribution in [0.25, 0.3) is 0 Å². The Hall–Kier alpha value is -6.12. The van der Waals surface area contributed by atoms with Gasteiger partial charge in [0, 0.05) is 61.3 Å². The van der Waals surface area contributed by atoms with E-state index in [1.54, 1.807) is 35.2 Å². The monoisotopic (exact) mass is 1090 g/mol. The normalized spacial score (nSPS) is 25.1. The summed E-state index contributed by atoms with van der Waals surface area (Å²) in [6, 6.07) is 10.9. The van der Waals surface area contributed by atoms with E-state index >= 15 is 0 Å². The van der Waals surface area contributed by atoms with Crippen molar-refractivity contribution in [3.63, 3.8) is 0 Å². The molecule has 12 rings (SSSR count). The molecule has 2 aromatic heterocycles. The van der Waals surface area contributed by atoms with E-state index in [-0.39, 0.29) is 29.4 Å². The highest BCUT2D eigenvalue weighted by Crippen LogP contribution is 2.62. The summed E-state index contributed by atoms with van der Waals surface area (Å²) in [5.74, 6) is 5.00. The van der Waals surface area contributed by atoms with Crippen molar-refractivity contribution in [2.45, 2.75) is 138 Å². The number of rotatable bonds is 15. The summed E-state index contributed by atoms with van der Waals surface area (Å²) >= 11 is 6.21. The predicted molar refractivity (Wildman–Crippen MR) is 304 cm³/mol. The van der Waals surface area contributed by atoms with Gasteiger partial charge in [-0.05, 0) is 193 Å². The number of fused-ring (bicyclic) bond motifs is 4.